The summed E-state index contributed by atoms with van der Waals surface area (Å²) in [4.78, 5) is 23.5. The van der Waals surface area contributed by atoms with E-state index in [1.807, 2.05) is 13.8 Å². The van der Waals surface area contributed by atoms with Crippen LogP contribution in [0.2, 0.25) is 0 Å². The average Bonchev–Trinajstić information content (AvgIpc) is 2.80. The molecule has 22 heavy (non-hydrogen) atoms. The van der Waals surface area contributed by atoms with Gasteiger partial charge < -0.3 is 14.2 Å². The summed E-state index contributed by atoms with van der Waals surface area (Å²) < 4.78 is 17.6. The highest BCUT2D eigenvalue weighted by Crippen LogP contribution is 2.69. The second kappa shape index (κ2) is 4.05. The van der Waals surface area contributed by atoms with E-state index in [9.17, 15) is 9.59 Å². The summed E-state index contributed by atoms with van der Waals surface area (Å²) in [6.45, 7) is 7.57. The quantitative estimate of drug-likeness (QED) is 0.549. The molecule has 0 aromatic rings. The van der Waals surface area contributed by atoms with Gasteiger partial charge in [0.15, 0.2) is 0 Å². The van der Waals surface area contributed by atoms with Gasteiger partial charge in [-0.2, -0.15) is 0 Å². The highest BCUT2D eigenvalue weighted by molar-refractivity contribution is 5.75. The molecule has 2 aliphatic heterocycles. The van der Waals surface area contributed by atoms with Crippen LogP contribution < -0.4 is 0 Å². The van der Waals surface area contributed by atoms with Gasteiger partial charge in [0.1, 0.15) is 17.3 Å². The smallest absolute Gasteiger partial charge is 0.309 e. The standard InChI is InChI=1S/C17H24O5/c1-9-11-7-13-15(3,21-10(2)18)5-6-17(13)16(4,22-17)8-12(11)20-14(9)19/h9,11-13H,5-8H2,1-4H3/t9-,11-,12-,13+,15-,16-,17+/m1/s1. The van der Waals surface area contributed by atoms with Crippen molar-refractivity contribution in [2.45, 2.75) is 76.3 Å². The van der Waals surface area contributed by atoms with E-state index in [2.05, 4.69) is 6.92 Å². The van der Waals surface area contributed by atoms with Crippen LogP contribution in [0.5, 0.6) is 0 Å². The Bertz CT molecular complexity index is 559. The molecule has 4 rings (SSSR count). The van der Waals surface area contributed by atoms with E-state index in [1.54, 1.807) is 0 Å². The van der Waals surface area contributed by atoms with Gasteiger partial charge in [0.25, 0.3) is 0 Å². The van der Waals surface area contributed by atoms with Crippen molar-refractivity contribution in [3.05, 3.63) is 0 Å². The molecule has 4 fully saturated rings. The lowest BCUT2D eigenvalue weighted by molar-refractivity contribution is -0.161. The van der Waals surface area contributed by atoms with Gasteiger partial charge in [-0.1, -0.05) is 6.92 Å². The maximum Gasteiger partial charge on any atom is 0.309 e. The molecule has 0 N–H and O–H groups in total. The number of rotatable bonds is 1. The summed E-state index contributed by atoms with van der Waals surface area (Å²) in [7, 11) is 0. The molecule has 0 aromatic heterocycles. The molecular weight excluding hydrogens is 284 g/mol. The van der Waals surface area contributed by atoms with Crippen molar-refractivity contribution >= 4 is 11.9 Å². The van der Waals surface area contributed by atoms with Crippen LogP contribution in [0.15, 0.2) is 0 Å². The third kappa shape index (κ3) is 1.63. The van der Waals surface area contributed by atoms with E-state index in [4.69, 9.17) is 14.2 Å². The number of ether oxygens (including phenoxy) is 3. The minimum atomic E-state index is -0.496. The molecule has 5 heteroatoms. The lowest BCUT2D eigenvalue weighted by Crippen LogP contribution is -2.42. The van der Waals surface area contributed by atoms with Gasteiger partial charge in [-0.15, -0.1) is 0 Å². The first kappa shape index (κ1) is 14.5. The van der Waals surface area contributed by atoms with Crippen LogP contribution in [0.1, 0.15) is 53.4 Å². The fourth-order valence-electron chi connectivity index (χ4n) is 5.56. The Kier molecular flexibility index (Phi) is 2.67. The number of carbonyl (C=O) groups is 2. The predicted molar refractivity (Wildman–Crippen MR) is 76.9 cm³/mol. The summed E-state index contributed by atoms with van der Waals surface area (Å²) >= 11 is 0. The molecule has 2 saturated heterocycles. The van der Waals surface area contributed by atoms with Crippen molar-refractivity contribution in [3.8, 4) is 0 Å². The molecule has 1 spiro atoms. The fourth-order valence-corrected chi connectivity index (χ4v) is 5.56. The van der Waals surface area contributed by atoms with Crippen molar-refractivity contribution in [2.75, 3.05) is 0 Å². The second-order valence-electron chi connectivity index (χ2n) is 8.05. The number of hydrogen-bond acceptors (Lipinski definition) is 5. The highest BCUT2D eigenvalue weighted by Gasteiger charge is 2.79. The van der Waals surface area contributed by atoms with Crippen molar-refractivity contribution in [1.29, 1.82) is 0 Å². The molecule has 0 amide bonds. The largest absolute Gasteiger partial charge is 0.462 e. The second-order valence-corrected chi connectivity index (χ2v) is 8.05. The van der Waals surface area contributed by atoms with Crippen LogP contribution in [0.3, 0.4) is 0 Å². The summed E-state index contributed by atoms with van der Waals surface area (Å²) in [5.41, 5.74) is -0.948. The van der Waals surface area contributed by atoms with Crippen LogP contribution in [-0.2, 0) is 23.8 Å². The first-order chi connectivity index (χ1) is 10.2. The molecule has 2 saturated carbocycles. The molecule has 4 aliphatic rings. The molecule has 5 nitrogen and oxygen atoms in total. The third-order valence-corrected chi connectivity index (χ3v) is 6.79. The minimum Gasteiger partial charge on any atom is -0.462 e. The maximum atomic E-state index is 12.0. The molecule has 7 atom stereocenters. The van der Waals surface area contributed by atoms with E-state index in [0.717, 1.165) is 25.7 Å². The normalized spacial score (nSPS) is 55.5. The molecule has 0 unspecified atom stereocenters. The molecule has 0 radical (unpaired) electrons. The van der Waals surface area contributed by atoms with Crippen molar-refractivity contribution in [1.82, 2.24) is 0 Å². The van der Waals surface area contributed by atoms with Gasteiger partial charge in [0.05, 0.1) is 11.5 Å². The summed E-state index contributed by atoms with van der Waals surface area (Å²) in [6, 6.07) is 0. The average molecular weight is 308 g/mol. The topological polar surface area (TPSA) is 65.1 Å². The zero-order chi connectivity index (χ0) is 15.9. The lowest BCUT2D eigenvalue weighted by atomic mass is 9.76. The SMILES string of the molecule is CC(=O)O[C@]1(C)CC[C@@]23O[C@]2(C)C[C@H]2OC(=O)[C@H](C)[C@H]2C[C@@H]13. The summed E-state index contributed by atoms with van der Waals surface area (Å²) in [6.07, 6.45) is 3.28. The summed E-state index contributed by atoms with van der Waals surface area (Å²) in [5, 5.41) is 0. The minimum absolute atomic E-state index is 0.0564. The van der Waals surface area contributed by atoms with E-state index >= 15 is 0 Å². The van der Waals surface area contributed by atoms with Crippen LogP contribution in [0, 0.1) is 17.8 Å². The van der Waals surface area contributed by atoms with Crippen molar-refractivity contribution < 1.29 is 23.8 Å². The number of epoxide rings is 1. The molecule has 2 heterocycles. The Morgan fingerprint density at radius 2 is 2.05 bits per heavy atom. The Morgan fingerprint density at radius 3 is 2.73 bits per heavy atom. The third-order valence-electron chi connectivity index (χ3n) is 6.79. The summed E-state index contributed by atoms with van der Waals surface area (Å²) in [5.74, 6) is -0.0739. The van der Waals surface area contributed by atoms with Gasteiger partial charge in [-0.25, -0.2) is 0 Å². The molecular formula is C17H24O5. The first-order valence-electron chi connectivity index (χ1n) is 8.31. The fraction of sp³-hybridized carbons (Fsp3) is 0.882. The monoisotopic (exact) mass is 308 g/mol. The van der Waals surface area contributed by atoms with Gasteiger partial charge >= 0.3 is 11.9 Å². The maximum absolute atomic E-state index is 12.0. The number of carbonyl (C=O) groups excluding carboxylic acids is 2. The zero-order valence-corrected chi connectivity index (χ0v) is 13.7. The van der Waals surface area contributed by atoms with Crippen molar-refractivity contribution in [3.63, 3.8) is 0 Å². The van der Waals surface area contributed by atoms with Crippen molar-refractivity contribution in [2.24, 2.45) is 17.8 Å². The van der Waals surface area contributed by atoms with E-state index < -0.39 is 5.60 Å². The van der Waals surface area contributed by atoms with Crippen LogP contribution in [0.25, 0.3) is 0 Å². The van der Waals surface area contributed by atoms with E-state index in [0.29, 0.717) is 0 Å². The Hall–Kier alpha value is -1.10. The van der Waals surface area contributed by atoms with E-state index in [-0.39, 0.29) is 47.0 Å². The highest BCUT2D eigenvalue weighted by atomic mass is 16.6. The molecule has 122 valence electrons. The number of fused-ring (bicyclic) bond motifs is 1. The van der Waals surface area contributed by atoms with Gasteiger partial charge in [-0.3, -0.25) is 9.59 Å². The molecule has 0 bridgehead atoms. The number of esters is 2. The van der Waals surface area contributed by atoms with Gasteiger partial charge in [-0.05, 0) is 33.1 Å². The Balaban J connectivity index is 1.71. The van der Waals surface area contributed by atoms with Crippen LogP contribution in [0.4, 0.5) is 0 Å². The Morgan fingerprint density at radius 1 is 1.32 bits per heavy atom. The Labute approximate surface area is 130 Å². The van der Waals surface area contributed by atoms with Crippen LogP contribution in [-0.4, -0.2) is 34.8 Å². The van der Waals surface area contributed by atoms with Gasteiger partial charge in [0.2, 0.25) is 0 Å². The number of hydrogen-bond donors (Lipinski definition) is 0. The predicted octanol–water partition coefficient (Wildman–Crippen LogP) is 2.22. The lowest BCUT2D eigenvalue weighted by Gasteiger charge is -2.34. The van der Waals surface area contributed by atoms with E-state index in [1.165, 1.54) is 6.92 Å². The first-order valence-corrected chi connectivity index (χ1v) is 8.31. The molecule has 2 aliphatic carbocycles. The van der Waals surface area contributed by atoms with Crippen LogP contribution >= 0.6 is 0 Å². The molecule has 0 aromatic carbocycles. The van der Waals surface area contributed by atoms with Gasteiger partial charge in [0, 0.05) is 25.2 Å². The zero-order valence-electron chi connectivity index (χ0n) is 13.7.